The number of β-amino-alcohol motifs (C(OH)–C–C–N with tert-alkyl or cyclic N) is 1. The second-order valence-corrected chi connectivity index (χ2v) is 6.71. The molecule has 1 unspecified atom stereocenters. The Labute approximate surface area is 162 Å². The van der Waals surface area contributed by atoms with Gasteiger partial charge in [0.1, 0.15) is 11.3 Å². The highest BCUT2D eigenvalue weighted by atomic mass is 16.5. The van der Waals surface area contributed by atoms with E-state index in [1.807, 2.05) is 31.2 Å². The Bertz CT molecular complexity index is 1070. The minimum Gasteiger partial charge on any atom is -0.494 e. The summed E-state index contributed by atoms with van der Waals surface area (Å²) in [4.78, 5) is 27.6. The molecule has 1 aliphatic heterocycles. The molecule has 0 saturated carbocycles. The van der Waals surface area contributed by atoms with E-state index in [1.54, 1.807) is 24.3 Å². The first-order valence-electron chi connectivity index (χ1n) is 9.36. The Balaban J connectivity index is 1.85. The van der Waals surface area contributed by atoms with E-state index in [9.17, 15) is 14.7 Å². The minimum absolute atomic E-state index is 0.0495. The van der Waals surface area contributed by atoms with E-state index < -0.39 is 6.04 Å². The molecule has 1 aromatic heterocycles. The lowest BCUT2D eigenvalue weighted by molar-refractivity contribution is 0.0691. The van der Waals surface area contributed by atoms with Crippen LogP contribution in [-0.4, -0.2) is 35.7 Å². The summed E-state index contributed by atoms with van der Waals surface area (Å²) in [6, 6.07) is 13.6. The average Bonchev–Trinajstić information content (AvgIpc) is 3.00. The van der Waals surface area contributed by atoms with Crippen molar-refractivity contribution in [2.45, 2.75) is 19.4 Å². The van der Waals surface area contributed by atoms with Crippen molar-refractivity contribution in [2.75, 3.05) is 19.8 Å². The van der Waals surface area contributed by atoms with Gasteiger partial charge in [0, 0.05) is 6.54 Å². The van der Waals surface area contributed by atoms with Gasteiger partial charge in [-0.1, -0.05) is 31.2 Å². The maximum Gasteiger partial charge on any atom is 0.290 e. The molecule has 0 saturated heterocycles. The van der Waals surface area contributed by atoms with Gasteiger partial charge in [0.15, 0.2) is 5.43 Å². The minimum atomic E-state index is -0.601. The lowest BCUT2D eigenvalue weighted by Crippen LogP contribution is -2.32. The van der Waals surface area contributed by atoms with Crippen LogP contribution in [0.5, 0.6) is 5.75 Å². The monoisotopic (exact) mass is 379 g/mol. The van der Waals surface area contributed by atoms with Crippen molar-refractivity contribution in [3.05, 3.63) is 75.6 Å². The van der Waals surface area contributed by atoms with Gasteiger partial charge in [0.05, 0.1) is 30.2 Å². The first kappa shape index (κ1) is 18.3. The summed E-state index contributed by atoms with van der Waals surface area (Å²) >= 11 is 0. The molecule has 6 nitrogen and oxygen atoms in total. The quantitative estimate of drug-likeness (QED) is 0.712. The molecular formula is C22H21NO5. The van der Waals surface area contributed by atoms with E-state index in [2.05, 4.69) is 0 Å². The number of hydrogen-bond donors (Lipinski definition) is 1. The highest BCUT2D eigenvalue weighted by Gasteiger charge is 2.42. The van der Waals surface area contributed by atoms with E-state index in [4.69, 9.17) is 9.15 Å². The molecule has 0 fully saturated rings. The average molecular weight is 379 g/mol. The fourth-order valence-corrected chi connectivity index (χ4v) is 3.62. The summed E-state index contributed by atoms with van der Waals surface area (Å²) in [5.74, 6) is 0.395. The molecule has 1 atom stereocenters. The Morgan fingerprint density at radius 2 is 1.86 bits per heavy atom. The normalized spacial score (nSPS) is 15.9. The second kappa shape index (κ2) is 7.48. The lowest BCUT2D eigenvalue weighted by Gasteiger charge is -2.24. The van der Waals surface area contributed by atoms with Crippen LogP contribution < -0.4 is 10.2 Å². The van der Waals surface area contributed by atoms with Gasteiger partial charge >= 0.3 is 0 Å². The molecule has 1 aliphatic rings. The maximum absolute atomic E-state index is 13.2. The van der Waals surface area contributed by atoms with Gasteiger partial charge in [-0.25, -0.2) is 0 Å². The van der Waals surface area contributed by atoms with Crippen LogP contribution >= 0.6 is 0 Å². The fourth-order valence-electron chi connectivity index (χ4n) is 3.62. The van der Waals surface area contributed by atoms with Gasteiger partial charge in [-0.05, 0) is 36.2 Å². The molecular weight excluding hydrogens is 358 g/mol. The summed E-state index contributed by atoms with van der Waals surface area (Å²) in [5.41, 5.74) is 1.25. The highest BCUT2D eigenvalue weighted by molar-refractivity contribution is 5.99. The Morgan fingerprint density at radius 1 is 1.11 bits per heavy atom. The number of para-hydroxylation sites is 1. The summed E-state index contributed by atoms with van der Waals surface area (Å²) in [6.07, 6.45) is 0.907. The predicted octanol–water partition coefficient (Wildman–Crippen LogP) is 3.12. The standard InChI is InChI=1S/C22H21NO5/c1-2-13-27-15-9-7-14(8-10-15)19-18-20(25)16-5-3-4-6-17(16)28-21(18)22(26)23(19)11-12-24/h3-10,19,24H,2,11-13H2,1H3. The van der Waals surface area contributed by atoms with E-state index in [0.717, 1.165) is 17.7 Å². The van der Waals surface area contributed by atoms with Gasteiger partial charge in [0.25, 0.3) is 5.91 Å². The van der Waals surface area contributed by atoms with Crippen molar-refractivity contribution < 1.29 is 19.1 Å². The van der Waals surface area contributed by atoms with Crippen molar-refractivity contribution in [1.29, 1.82) is 0 Å². The van der Waals surface area contributed by atoms with E-state index in [-0.39, 0.29) is 30.2 Å². The number of carbonyl (C=O) groups excluding carboxylic acids is 1. The van der Waals surface area contributed by atoms with Gasteiger partial charge < -0.3 is 19.2 Å². The van der Waals surface area contributed by atoms with Crippen LogP contribution in [0.3, 0.4) is 0 Å². The largest absolute Gasteiger partial charge is 0.494 e. The molecule has 0 radical (unpaired) electrons. The topological polar surface area (TPSA) is 80.0 Å². The molecule has 4 rings (SSSR count). The lowest BCUT2D eigenvalue weighted by atomic mass is 9.98. The molecule has 2 aromatic carbocycles. The Kier molecular flexibility index (Phi) is 4.88. The van der Waals surface area contributed by atoms with Crippen molar-refractivity contribution >= 4 is 16.9 Å². The Morgan fingerprint density at radius 3 is 2.57 bits per heavy atom. The van der Waals surface area contributed by atoms with Crippen molar-refractivity contribution in [3.8, 4) is 5.75 Å². The van der Waals surface area contributed by atoms with Crippen LogP contribution in [0.25, 0.3) is 11.0 Å². The summed E-state index contributed by atoms with van der Waals surface area (Å²) in [6.45, 7) is 2.56. The molecule has 2 heterocycles. The molecule has 1 N–H and O–H groups in total. The van der Waals surface area contributed by atoms with Crippen LogP contribution in [-0.2, 0) is 0 Å². The molecule has 0 spiro atoms. The van der Waals surface area contributed by atoms with Gasteiger partial charge in [-0.15, -0.1) is 0 Å². The molecule has 1 amide bonds. The number of aliphatic hydroxyl groups excluding tert-OH is 1. The number of benzene rings is 2. The van der Waals surface area contributed by atoms with Crippen LogP contribution in [0.2, 0.25) is 0 Å². The van der Waals surface area contributed by atoms with Crippen LogP contribution in [0, 0.1) is 0 Å². The third kappa shape index (κ3) is 2.96. The molecule has 144 valence electrons. The predicted molar refractivity (Wildman–Crippen MR) is 105 cm³/mol. The molecule has 3 aromatic rings. The van der Waals surface area contributed by atoms with E-state index >= 15 is 0 Å². The summed E-state index contributed by atoms with van der Waals surface area (Å²) in [5, 5.41) is 9.90. The number of rotatable bonds is 6. The van der Waals surface area contributed by atoms with Crippen molar-refractivity contribution in [3.63, 3.8) is 0 Å². The van der Waals surface area contributed by atoms with Crippen LogP contribution in [0.4, 0.5) is 0 Å². The van der Waals surface area contributed by atoms with Gasteiger partial charge in [0.2, 0.25) is 5.76 Å². The van der Waals surface area contributed by atoms with Gasteiger partial charge in [-0.3, -0.25) is 9.59 Å². The molecule has 0 bridgehead atoms. The zero-order valence-electron chi connectivity index (χ0n) is 15.6. The number of ether oxygens (including phenoxy) is 1. The number of hydrogen-bond acceptors (Lipinski definition) is 5. The van der Waals surface area contributed by atoms with E-state index in [1.165, 1.54) is 4.90 Å². The zero-order chi connectivity index (χ0) is 19.7. The number of nitrogens with zero attached hydrogens (tertiary/aromatic N) is 1. The zero-order valence-corrected chi connectivity index (χ0v) is 15.6. The van der Waals surface area contributed by atoms with Crippen molar-refractivity contribution in [1.82, 2.24) is 4.90 Å². The number of amides is 1. The molecule has 6 heteroatoms. The second-order valence-electron chi connectivity index (χ2n) is 6.71. The van der Waals surface area contributed by atoms with Crippen LogP contribution in [0.15, 0.2) is 57.7 Å². The number of carbonyl (C=O) groups is 1. The summed E-state index contributed by atoms with van der Waals surface area (Å²) in [7, 11) is 0. The van der Waals surface area contributed by atoms with Crippen molar-refractivity contribution in [2.24, 2.45) is 0 Å². The van der Waals surface area contributed by atoms with Gasteiger partial charge in [-0.2, -0.15) is 0 Å². The number of aliphatic hydroxyl groups is 1. The third-order valence-electron chi connectivity index (χ3n) is 4.88. The summed E-state index contributed by atoms with van der Waals surface area (Å²) < 4.78 is 11.4. The SMILES string of the molecule is CCCOc1ccc(C2c3c(oc4ccccc4c3=O)C(=O)N2CCO)cc1. The highest BCUT2D eigenvalue weighted by Crippen LogP contribution is 2.38. The third-order valence-corrected chi connectivity index (χ3v) is 4.88. The van der Waals surface area contributed by atoms with Crippen LogP contribution in [0.1, 0.15) is 41.1 Å². The first-order chi connectivity index (χ1) is 13.7. The maximum atomic E-state index is 13.2. The fraction of sp³-hybridized carbons (Fsp3) is 0.273. The Hall–Kier alpha value is -3.12. The smallest absolute Gasteiger partial charge is 0.290 e. The van der Waals surface area contributed by atoms with E-state index in [0.29, 0.717) is 23.1 Å². The molecule has 0 aliphatic carbocycles. The number of fused-ring (bicyclic) bond motifs is 2. The molecule has 28 heavy (non-hydrogen) atoms. The first-order valence-corrected chi connectivity index (χ1v) is 9.36.